The minimum atomic E-state index is -0.873. The van der Waals surface area contributed by atoms with Crippen molar-refractivity contribution in [3.8, 4) is 5.75 Å². The van der Waals surface area contributed by atoms with Gasteiger partial charge in [0.15, 0.2) is 11.6 Å². The Morgan fingerprint density at radius 3 is 3.00 bits per heavy atom. The Labute approximate surface area is 93.6 Å². The van der Waals surface area contributed by atoms with Crippen LogP contribution in [0.3, 0.4) is 0 Å². The number of benzene rings is 1. The van der Waals surface area contributed by atoms with E-state index in [9.17, 15) is 8.78 Å². The first-order chi connectivity index (χ1) is 7.74. The molecule has 0 amide bonds. The molecule has 1 aromatic rings. The molecule has 0 spiro atoms. The number of rotatable bonds is 2. The van der Waals surface area contributed by atoms with Crippen LogP contribution in [0, 0.1) is 11.6 Å². The summed E-state index contributed by atoms with van der Waals surface area (Å²) in [6.45, 7) is 3.23. The number of hydrogen-bond donors (Lipinski definition) is 1. The van der Waals surface area contributed by atoms with E-state index in [1.54, 1.807) is 6.07 Å². The van der Waals surface area contributed by atoms with Gasteiger partial charge in [0, 0.05) is 11.6 Å². The van der Waals surface area contributed by atoms with Crippen LogP contribution in [0.25, 0.3) is 0 Å². The molecule has 1 heterocycles. The summed E-state index contributed by atoms with van der Waals surface area (Å²) in [4.78, 5) is 0. The lowest BCUT2D eigenvalue weighted by Crippen LogP contribution is -2.20. The second kappa shape index (κ2) is 4.78. The normalized spacial score (nSPS) is 19.8. The Kier molecular flexibility index (Phi) is 3.39. The fourth-order valence-corrected chi connectivity index (χ4v) is 2.04. The monoisotopic (exact) mass is 227 g/mol. The molecule has 0 radical (unpaired) electrons. The summed E-state index contributed by atoms with van der Waals surface area (Å²) in [5.74, 6) is -1.65. The first kappa shape index (κ1) is 11.3. The first-order valence-corrected chi connectivity index (χ1v) is 5.58. The molecule has 0 saturated heterocycles. The third-order valence-electron chi connectivity index (χ3n) is 2.79. The lowest BCUT2D eigenvalue weighted by Gasteiger charge is -2.17. The van der Waals surface area contributed by atoms with E-state index in [-0.39, 0.29) is 11.8 Å². The average Bonchev–Trinajstić information content (AvgIpc) is 2.48. The van der Waals surface area contributed by atoms with Gasteiger partial charge in [0.25, 0.3) is 0 Å². The van der Waals surface area contributed by atoms with E-state index in [0.717, 1.165) is 31.0 Å². The standard InChI is InChI=1S/C12H15F2NO/c1-2-15-10-4-3-7-16-12-8(10)5-6-9(13)11(12)14/h5-6,10,15H,2-4,7H2,1H3. The second-order valence-corrected chi connectivity index (χ2v) is 3.88. The van der Waals surface area contributed by atoms with Crippen LogP contribution in [0.4, 0.5) is 8.78 Å². The Bertz CT molecular complexity index is 382. The third kappa shape index (κ3) is 2.02. The number of fused-ring (bicyclic) bond motifs is 1. The molecule has 0 bridgehead atoms. The van der Waals surface area contributed by atoms with Gasteiger partial charge in [-0.15, -0.1) is 0 Å². The highest BCUT2D eigenvalue weighted by atomic mass is 19.2. The molecule has 1 aromatic carbocycles. The molecule has 0 fully saturated rings. The molecule has 0 saturated carbocycles. The highest BCUT2D eigenvalue weighted by Gasteiger charge is 2.23. The van der Waals surface area contributed by atoms with Crippen molar-refractivity contribution < 1.29 is 13.5 Å². The van der Waals surface area contributed by atoms with E-state index in [1.807, 2.05) is 6.92 Å². The molecule has 2 rings (SSSR count). The molecule has 0 aromatic heterocycles. The molecule has 88 valence electrons. The Balaban J connectivity index is 2.42. The molecule has 1 atom stereocenters. The van der Waals surface area contributed by atoms with Crippen LogP contribution >= 0.6 is 0 Å². The van der Waals surface area contributed by atoms with E-state index in [1.165, 1.54) is 0 Å². The van der Waals surface area contributed by atoms with Gasteiger partial charge in [-0.25, -0.2) is 4.39 Å². The van der Waals surface area contributed by atoms with Crippen molar-refractivity contribution >= 4 is 0 Å². The molecular weight excluding hydrogens is 212 g/mol. The van der Waals surface area contributed by atoms with Crippen LogP contribution in [-0.2, 0) is 0 Å². The lowest BCUT2D eigenvalue weighted by atomic mass is 10.0. The molecule has 2 nitrogen and oxygen atoms in total. The zero-order valence-corrected chi connectivity index (χ0v) is 9.22. The fourth-order valence-electron chi connectivity index (χ4n) is 2.04. The number of halogens is 2. The van der Waals surface area contributed by atoms with Gasteiger partial charge in [-0.1, -0.05) is 13.0 Å². The molecule has 1 N–H and O–H groups in total. The van der Waals surface area contributed by atoms with E-state index >= 15 is 0 Å². The molecule has 1 aliphatic heterocycles. The van der Waals surface area contributed by atoms with Crippen molar-refractivity contribution in [1.29, 1.82) is 0 Å². The average molecular weight is 227 g/mol. The summed E-state index contributed by atoms with van der Waals surface area (Å²) in [6.07, 6.45) is 1.72. The van der Waals surface area contributed by atoms with Crippen LogP contribution in [0.2, 0.25) is 0 Å². The predicted molar refractivity (Wildman–Crippen MR) is 57.5 cm³/mol. The van der Waals surface area contributed by atoms with Gasteiger partial charge in [-0.3, -0.25) is 0 Å². The zero-order chi connectivity index (χ0) is 11.5. The van der Waals surface area contributed by atoms with E-state index < -0.39 is 11.6 Å². The van der Waals surface area contributed by atoms with Gasteiger partial charge in [0.1, 0.15) is 0 Å². The van der Waals surface area contributed by atoms with Crippen LogP contribution in [-0.4, -0.2) is 13.2 Å². The van der Waals surface area contributed by atoms with Gasteiger partial charge in [0.2, 0.25) is 5.82 Å². The Morgan fingerprint density at radius 1 is 1.44 bits per heavy atom. The largest absolute Gasteiger partial charge is 0.490 e. The molecular formula is C12H15F2NO. The molecule has 4 heteroatoms. The molecule has 0 aliphatic carbocycles. The highest BCUT2D eigenvalue weighted by Crippen LogP contribution is 2.34. The number of ether oxygens (including phenoxy) is 1. The quantitative estimate of drug-likeness (QED) is 0.838. The summed E-state index contributed by atoms with van der Waals surface area (Å²) in [7, 11) is 0. The van der Waals surface area contributed by atoms with E-state index in [0.29, 0.717) is 6.61 Å². The van der Waals surface area contributed by atoms with Crippen LogP contribution in [0.5, 0.6) is 5.75 Å². The van der Waals surface area contributed by atoms with Crippen molar-refractivity contribution in [2.24, 2.45) is 0 Å². The van der Waals surface area contributed by atoms with E-state index in [2.05, 4.69) is 5.32 Å². The lowest BCUT2D eigenvalue weighted by molar-refractivity contribution is 0.295. The smallest absolute Gasteiger partial charge is 0.200 e. The summed E-state index contributed by atoms with van der Waals surface area (Å²) in [5, 5.41) is 3.26. The fraction of sp³-hybridized carbons (Fsp3) is 0.500. The SMILES string of the molecule is CCNC1CCCOc2c1ccc(F)c2F. The second-order valence-electron chi connectivity index (χ2n) is 3.88. The first-order valence-electron chi connectivity index (χ1n) is 5.58. The molecule has 1 unspecified atom stereocenters. The molecule has 16 heavy (non-hydrogen) atoms. The topological polar surface area (TPSA) is 21.3 Å². The Morgan fingerprint density at radius 2 is 2.25 bits per heavy atom. The van der Waals surface area contributed by atoms with Gasteiger partial charge in [-0.2, -0.15) is 4.39 Å². The predicted octanol–water partition coefficient (Wildman–Crippen LogP) is 2.79. The molecule has 1 aliphatic rings. The van der Waals surface area contributed by atoms with Crippen molar-refractivity contribution in [2.45, 2.75) is 25.8 Å². The van der Waals surface area contributed by atoms with Gasteiger partial charge in [0.05, 0.1) is 6.61 Å². The van der Waals surface area contributed by atoms with Crippen molar-refractivity contribution in [3.63, 3.8) is 0 Å². The maximum Gasteiger partial charge on any atom is 0.200 e. The number of hydrogen-bond acceptors (Lipinski definition) is 2. The highest BCUT2D eigenvalue weighted by molar-refractivity contribution is 5.38. The summed E-state index contributed by atoms with van der Waals surface area (Å²) in [5.41, 5.74) is 0.721. The maximum atomic E-state index is 13.5. The van der Waals surface area contributed by atoms with Gasteiger partial charge in [-0.05, 0) is 25.5 Å². The minimum absolute atomic E-state index is 0.0533. The van der Waals surface area contributed by atoms with Crippen LogP contribution in [0.1, 0.15) is 31.4 Å². The van der Waals surface area contributed by atoms with Crippen LogP contribution < -0.4 is 10.1 Å². The minimum Gasteiger partial charge on any atom is -0.490 e. The number of nitrogens with one attached hydrogen (secondary N) is 1. The van der Waals surface area contributed by atoms with Gasteiger partial charge >= 0.3 is 0 Å². The summed E-state index contributed by atoms with van der Waals surface area (Å²) < 4.78 is 31.9. The van der Waals surface area contributed by atoms with Crippen molar-refractivity contribution in [1.82, 2.24) is 5.32 Å². The van der Waals surface area contributed by atoms with E-state index in [4.69, 9.17) is 4.74 Å². The van der Waals surface area contributed by atoms with Gasteiger partial charge < -0.3 is 10.1 Å². The Hall–Kier alpha value is -1.16. The summed E-state index contributed by atoms with van der Waals surface area (Å²) >= 11 is 0. The van der Waals surface area contributed by atoms with Crippen molar-refractivity contribution in [2.75, 3.05) is 13.2 Å². The third-order valence-corrected chi connectivity index (χ3v) is 2.79. The van der Waals surface area contributed by atoms with Crippen molar-refractivity contribution in [3.05, 3.63) is 29.3 Å². The van der Waals surface area contributed by atoms with Crippen LogP contribution in [0.15, 0.2) is 12.1 Å². The zero-order valence-electron chi connectivity index (χ0n) is 9.22. The maximum absolute atomic E-state index is 13.5. The summed E-state index contributed by atoms with van der Waals surface area (Å²) in [6, 6.07) is 2.82.